The number of rotatable bonds is 41. The van der Waals surface area contributed by atoms with E-state index in [9.17, 15) is 14.4 Å². The number of nitrogens with one attached hydrogen (secondary N) is 1. The van der Waals surface area contributed by atoms with Crippen molar-refractivity contribution in [3.05, 3.63) is 0 Å². The molecule has 0 radical (unpaired) electrons. The highest BCUT2D eigenvalue weighted by Crippen LogP contribution is 2.07. The summed E-state index contributed by atoms with van der Waals surface area (Å²) < 4.78 is 54.2. The summed E-state index contributed by atoms with van der Waals surface area (Å²) >= 11 is 0. The van der Waals surface area contributed by atoms with E-state index in [-0.39, 0.29) is 31.3 Å². The molecule has 0 aliphatic rings. The second-order valence-electron chi connectivity index (χ2n) is 10.8. The van der Waals surface area contributed by atoms with Crippen LogP contribution in [0.2, 0.25) is 0 Å². The van der Waals surface area contributed by atoms with Crippen LogP contribution in [0.25, 0.3) is 0 Å². The fraction of sp³-hybridized carbons (Fsp3) is 0.912. The number of hydrogen-bond acceptors (Lipinski definition) is 13. The van der Waals surface area contributed by atoms with Crippen molar-refractivity contribution in [3.8, 4) is 0 Å². The maximum atomic E-state index is 11.7. The predicted octanol–water partition coefficient (Wildman–Crippen LogP) is 2.80. The fourth-order valence-electron chi connectivity index (χ4n) is 3.91. The van der Waals surface area contributed by atoms with Gasteiger partial charge in [-0.2, -0.15) is 0 Å². The lowest BCUT2D eigenvalue weighted by Crippen LogP contribution is -2.25. The van der Waals surface area contributed by atoms with E-state index in [1.807, 2.05) is 0 Å². The minimum Gasteiger partial charge on any atom is -0.481 e. The monoisotopic (exact) mass is 711 g/mol. The van der Waals surface area contributed by atoms with Crippen LogP contribution in [0.1, 0.15) is 71.1 Å². The molecule has 1 amide bonds. The number of carboxylic acid groups (broad SMARTS) is 1. The van der Waals surface area contributed by atoms with Gasteiger partial charge in [-0.25, -0.2) is 0 Å². The number of carboxylic acids is 1. The third kappa shape index (κ3) is 42.1. The van der Waals surface area contributed by atoms with Gasteiger partial charge in [-0.1, -0.05) is 39.0 Å². The van der Waals surface area contributed by atoms with Crippen molar-refractivity contribution in [1.29, 1.82) is 0 Å². The van der Waals surface area contributed by atoms with Gasteiger partial charge >= 0.3 is 11.9 Å². The van der Waals surface area contributed by atoms with E-state index >= 15 is 0 Å². The predicted molar refractivity (Wildman–Crippen MR) is 181 cm³/mol. The zero-order valence-electron chi connectivity index (χ0n) is 30.0. The van der Waals surface area contributed by atoms with Crippen molar-refractivity contribution < 1.29 is 66.9 Å². The molecule has 0 aromatic carbocycles. The molecule has 290 valence electrons. The first-order chi connectivity index (χ1) is 24.1. The van der Waals surface area contributed by atoms with E-state index in [1.54, 1.807) is 0 Å². The highest BCUT2D eigenvalue weighted by Gasteiger charge is 2.05. The van der Waals surface area contributed by atoms with Gasteiger partial charge in [0.1, 0.15) is 6.61 Å². The van der Waals surface area contributed by atoms with Crippen LogP contribution in [0.3, 0.4) is 0 Å². The molecule has 0 heterocycles. The minimum absolute atomic E-state index is 0.0118. The summed E-state index contributed by atoms with van der Waals surface area (Å²) in [7, 11) is 0. The average molecular weight is 712 g/mol. The normalized spacial score (nSPS) is 11.2. The van der Waals surface area contributed by atoms with Crippen molar-refractivity contribution in [3.63, 3.8) is 0 Å². The molecule has 2 N–H and O–H groups in total. The Bertz CT molecular complexity index is 731. The Morgan fingerprint density at radius 1 is 0.429 bits per heavy atom. The van der Waals surface area contributed by atoms with E-state index < -0.39 is 5.97 Å². The number of amides is 1. The number of esters is 1. The van der Waals surface area contributed by atoms with Crippen LogP contribution in [0, 0.1) is 0 Å². The van der Waals surface area contributed by atoms with Crippen LogP contribution in [0.4, 0.5) is 0 Å². The van der Waals surface area contributed by atoms with Crippen molar-refractivity contribution in [2.45, 2.75) is 71.1 Å². The molecule has 0 aromatic heterocycles. The third-order valence-electron chi connectivity index (χ3n) is 6.55. The van der Waals surface area contributed by atoms with Crippen molar-refractivity contribution >= 4 is 17.8 Å². The number of hydrogen-bond donors (Lipinski definition) is 2. The van der Waals surface area contributed by atoms with Gasteiger partial charge in [0.05, 0.1) is 119 Å². The van der Waals surface area contributed by atoms with E-state index in [1.165, 1.54) is 25.7 Å². The van der Waals surface area contributed by atoms with Crippen LogP contribution >= 0.6 is 0 Å². The summed E-state index contributed by atoms with van der Waals surface area (Å²) in [4.78, 5) is 33.4. The smallest absolute Gasteiger partial charge is 0.305 e. The molecule has 15 heteroatoms. The molecule has 15 nitrogen and oxygen atoms in total. The highest BCUT2D eigenvalue weighted by molar-refractivity contribution is 5.80. The topological polar surface area (TPSA) is 176 Å². The second kappa shape index (κ2) is 40.5. The molecule has 0 rings (SSSR count). The summed E-state index contributed by atoms with van der Waals surface area (Å²) in [6.45, 7) is 11.3. The molecule has 0 aromatic rings. The fourth-order valence-corrected chi connectivity index (χ4v) is 3.91. The summed E-state index contributed by atoms with van der Waals surface area (Å²) in [5, 5.41) is 11.2. The van der Waals surface area contributed by atoms with E-state index in [4.69, 9.17) is 52.5 Å². The van der Waals surface area contributed by atoms with Crippen LogP contribution < -0.4 is 5.32 Å². The standard InChI is InChI=1S/C34H65NO14/c1-2-3-4-5-6-7-9-34(39)49-31-30-48-29-28-47-27-26-46-25-24-45-23-22-44-21-20-43-19-18-42-17-16-41-15-14-40-13-8-12-35-32(36)10-11-33(37)38/h2-31H2,1H3,(H,35,36)(H,37,38). The summed E-state index contributed by atoms with van der Waals surface area (Å²) in [6.07, 6.45) is 7.85. The maximum Gasteiger partial charge on any atom is 0.305 e. The van der Waals surface area contributed by atoms with Crippen LogP contribution in [0.15, 0.2) is 0 Å². The Morgan fingerprint density at radius 3 is 1.20 bits per heavy atom. The Hall–Kier alpha value is -1.95. The molecule has 49 heavy (non-hydrogen) atoms. The zero-order valence-corrected chi connectivity index (χ0v) is 30.0. The van der Waals surface area contributed by atoms with Crippen molar-refractivity contribution in [1.82, 2.24) is 5.32 Å². The summed E-state index contributed by atoms with van der Waals surface area (Å²) in [5.41, 5.74) is 0. The Morgan fingerprint density at radius 2 is 0.796 bits per heavy atom. The first-order valence-electron chi connectivity index (χ1n) is 17.9. The minimum atomic E-state index is -0.984. The Kier molecular flexibility index (Phi) is 38.9. The number of ether oxygens (including phenoxy) is 10. The number of unbranched alkanes of at least 4 members (excludes halogenated alkanes) is 5. The quantitative estimate of drug-likeness (QED) is 0.0700. The molecule has 0 saturated carbocycles. The van der Waals surface area contributed by atoms with Gasteiger partial charge in [-0.3, -0.25) is 14.4 Å². The maximum absolute atomic E-state index is 11.7. The molecule has 0 fully saturated rings. The van der Waals surface area contributed by atoms with Crippen LogP contribution in [0.5, 0.6) is 0 Å². The lowest BCUT2D eigenvalue weighted by atomic mass is 10.1. The first kappa shape index (κ1) is 47.0. The molecule has 0 saturated heterocycles. The van der Waals surface area contributed by atoms with Crippen molar-refractivity contribution in [2.75, 3.05) is 132 Å². The van der Waals surface area contributed by atoms with Gasteiger partial charge in [0.15, 0.2) is 0 Å². The lowest BCUT2D eigenvalue weighted by molar-refractivity contribution is -0.145. The first-order valence-corrected chi connectivity index (χ1v) is 17.9. The molecule has 0 unspecified atom stereocenters. The third-order valence-corrected chi connectivity index (χ3v) is 6.55. The summed E-state index contributed by atoms with van der Waals surface area (Å²) in [6, 6.07) is 0. The number of carbonyl (C=O) groups is 3. The van der Waals surface area contributed by atoms with Gasteiger partial charge in [0, 0.05) is 26.0 Å². The second-order valence-corrected chi connectivity index (χ2v) is 10.8. The molecular formula is C34H65NO14. The molecule has 0 atom stereocenters. The summed E-state index contributed by atoms with van der Waals surface area (Å²) in [5.74, 6) is -1.40. The zero-order chi connectivity index (χ0) is 35.7. The van der Waals surface area contributed by atoms with Gasteiger partial charge in [-0.05, 0) is 12.8 Å². The van der Waals surface area contributed by atoms with Gasteiger partial charge < -0.3 is 57.8 Å². The largest absolute Gasteiger partial charge is 0.481 e. The molecule has 0 aliphatic heterocycles. The Balaban J connectivity index is 3.13. The molecular weight excluding hydrogens is 646 g/mol. The lowest BCUT2D eigenvalue weighted by Gasteiger charge is -2.09. The van der Waals surface area contributed by atoms with Crippen LogP contribution in [-0.2, 0) is 61.8 Å². The molecule has 0 bridgehead atoms. The number of aliphatic carboxylic acids is 1. The number of carbonyl (C=O) groups excluding carboxylic acids is 2. The SMILES string of the molecule is CCCCCCCCC(=O)OCCOCCOCCOCCOCCOCCOCCOCCOCCOCCCNC(=O)CCC(=O)O. The van der Waals surface area contributed by atoms with Crippen LogP contribution in [-0.4, -0.2) is 155 Å². The van der Waals surface area contributed by atoms with Gasteiger partial charge in [0.25, 0.3) is 0 Å². The Labute approximate surface area is 293 Å². The van der Waals surface area contributed by atoms with Gasteiger partial charge in [0.2, 0.25) is 5.91 Å². The average Bonchev–Trinajstić information content (AvgIpc) is 3.09. The molecule has 0 spiro atoms. The van der Waals surface area contributed by atoms with E-state index in [2.05, 4.69) is 12.2 Å². The van der Waals surface area contributed by atoms with Gasteiger partial charge in [-0.15, -0.1) is 0 Å². The van der Waals surface area contributed by atoms with E-state index in [0.717, 1.165) is 12.8 Å². The molecule has 0 aliphatic carbocycles. The van der Waals surface area contributed by atoms with Crippen molar-refractivity contribution in [2.24, 2.45) is 0 Å². The highest BCUT2D eigenvalue weighted by atomic mass is 16.6. The van der Waals surface area contributed by atoms with E-state index in [0.29, 0.717) is 138 Å².